The third kappa shape index (κ3) is 2.80. The van der Waals surface area contributed by atoms with Crippen LogP contribution < -0.4 is 4.90 Å². The highest BCUT2D eigenvalue weighted by atomic mass is 35.5. The predicted molar refractivity (Wildman–Crippen MR) is 111 cm³/mol. The first-order valence-electron chi connectivity index (χ1n) is 9.51. The number of halogens is 1. The second-order valence-corrected chi connectivity index (χ2v) is 9.59. The van der Waals surface area contributed by atoms with E-state index in [1.54, 1.807) is 42.7 Å². The van der Waals surface area contributed by atoms with E-state index in [9.17, 15) is 8.42 Å². The van der Waals surface area contributed by atoms with Crippen LogP contribution in [0.3, 0.4) is 0 Å². The van der Waals surface area contributed by atoms with E-state index >= 15 is 0 Å². The maximum Gasteiger partial charge on any atom is 0.269 e. The van der Waals surface area contributed by atoms with Crippen molar-refractivity contribution in [2.45, 2.75) is 23.8 Å². The molecule has 0 spiro atoms. The van der Waals surface area contributed by atoms with Gasteiger partial charge in [-0.2, -0.15) is 0 Å². The van der Waals surface area contributed by atoms with Crippen LogP contribution in [0.4, 0.5) is 5.69 Å². The van der Waals surface area contributed by atoms with Crippen LogP contribution in [0, 0.1) is 0 Å². The van der Waals surface area contributed by atoms with Gasteiger partial charge in [0.05, 0.1) is 16.2 Å². The number of fused-ring (bicyclic) bond motifs is 2. The third-order valence-corrected chi connectivity index (χ3v) is 7.98. The van der Waals surface area contributed by atoms with Crippen LogP contribution in [-0.4, -0.2) is 54.5 Å². The van der Waals surface area contributed by atoms with Gasteiger partial charge in [-0.1, -0.05) is 23.7 Å². The monoisotopic (exact) mass is 416 g/mol. The second kappa shape index (κ2) is 6.76. The Kier molecular flexibility index (Phi) is 4.34. The van der Waals surface area contributed by atoms with Gasteiger partial charge in [-0.3, -0.25) is 9.88 Å². The molecule has 1 aromatic carbocycles. The van der Waals surface area contributed by atoms with Gasteiger partial charge < -0.3 is 4.90 Å². The van der Waals surface area contributed by atoms with Crippen molar-refractivity contribution < 1.29 is 8.42 Å². The smallest absolute Gasteiger partial charge is 0.269 e. The minimum atomic E-state index is -3.82. The lowest BCUT2D eigenvalue weighted by Crippen LogP contribution is -2.50. The number of hydrogen-bond acceptors (Lipinski definition) is 5. The van der Waals surface area contributed by atoms with Gasteiger partial charge in [0.1, 0.15) is 10.4 Å². The molecular formula is C20H21ClN4O2S. The highest BCUT2D eigenvalue weighted by Crippen LogP contribution is 2.34. The summed E-state index contributed by atoms with van der Waals surface area (Å²) >= 11 is 6.20. The molecule has 2 aliphatic heterocycles. The zero-order valence-corrected chi connectivity index (χ0v) is 16.9. The molecule has 4 heterocycles. The first-order chi connectivity index (χ1) is 13.6. The van der Waals surface area contributed by atoms with Gasteiger partial charge in [0.2, 0.25) is 0 Å². The Morgan fingerprint density at radius 2 is 1.93 bits per heavy atom. The van der Waals surface area contributed by atoms with E-state index in [2.05, 4.69) is 14.8 Å². The molecular weight excluding hydrogens is 396 g/mol. The average Bonchev–Trinajstić information content (AvgIpc) is 3.32. The molecule has 2 aliphatic rings. The molecule has 0 saturated carbocycles. The van der Waals surface area contributed by atoms with Crippen molar-refractivity contribution in [3.8, 4) is 0 Å². The molecule has 2 aromatic heterocycles. The molecule has 2 saturated heterocycles. The summed E-state index contributed by atoms with van der Waals surface area (Å²) in [4.78, 5) is 9.43. The second-order valence-electron chi connectivity index (χ2n) is 7.39. The minimum Gasteiger partial charge on any atom is -0.366 e. The molecule has 6 nitrogen and oxygen atoms in total. The molecule has 0 aliphatic carbocycles. The molecule has 3 aromatic rings. The van der Waals surface area contributed by atoms with Crippen molar-refractivity contribution in [1.82, 2.24) is 13.9 Å². The lowest BCUT2D eigenvalue weighted by atomic mass is 10.1. The van der Waals surface area contributed by atoms with Crippen LogP contribution in [-0.2, 0) is 10.0 Å². The standard InChI is InChI=1S/C20H21ClN4O2S/c21-16-6-1-2-8-19(16)28(26,27)25-14-18(20-17(25)7-3-9-22-20)24-12-11-23-10-4-5-15(23)13-24/h1-3,6-9,14-15H,4-5,10-13H2. The van der Waals surface area contributed by atoms with Crippen molar-refractivity contribution >= 4 is 38.3 Å². The molecule has 0 N–H and O–H groups in total. The van der Waals surface area contributed by atoms with Crippen LogP contribution in [0.25, 0.3) is 11.0 Å². The van der Waals surface area contributed by atoms with Crippen LogP contribution in [0.1, 0.15) is 12.8 Å². The molecule has 146 valence electrons. The molecule has 0 bridgehead atoms. The highest BCUT2D eigenvalue weighted by molar-refractivity contribution is 7.90. The molecule has 8 heteroatoms. The number of piperazine rings is 1. The quantitative estimate of drug-likeness (QED) is 0.656. The Labute approximate surface area is 169 Å². The van der Waals surface area contributed by atoms with Gasteiger partial charge in [0.25, 0.3) is 10.0 Å². The van der Waals surface area contributed by atoms with Gasteiger partial charge in [0, 0.05) is 38.1 Å². The number of aromatic nitrogens is 2. The molecule has 1 unspecified atom stereocenters. The van der Waals surface area contributed by atoms with E-state index in [-0.39, 0.29) is 9.92 Å². The Morgan fingerprint density at radius 3 is 2.79 bits per heavy atom. The van der Waals surface area contributed by atoms with Gasteiger partial charge in [0.15, 0.2) is 0 Å². The van der Waals surface area contributed by atoms with Crippen LogP contribution in [0.15, 0.2) is 53.7 Å². The summed E-state index contributed by atoms with van der Waals surface area (Å²) < 4.78 is 28.1. The summed E-state index contributed by atoms with van der Waals surface area (Å²) in [5.41, 5.74) is 2.16. The highest BCUT2D eigenvalue weighted by Gasteiger charge is 2.33. The minimum absolute atomic E-state index is 0.101. The zero-order valence-electron chi connectivity index (χ0n) is 15.3. The largest absolute Gasteiger partial charge is 0.366 e. The van der Waals surface area contributed by atoms with Crippen LogP contribution in [0.5, 0.6) is 0 Å². The van der Waals surface area contributed by atoms with E-state index in [0.29, 0.717) is 17.1 Å². The fraction of sp³-hybridized carbons (Fsp3) is 0.350. The maximum absolute atomic E-state index is 13.4. The summed E-state index contributed by atoms with van der Waals surface area (Å²) in [6.45, 7) is 3.95. The van der Waals surface area contributed by atoms with Gasteiger partial charge >= 0.3 is 0 Å². The molecule has 0 amide bonds. The SMILES string of the molecule is O=S(=O)(c1ccccc1Cl)n1cc(N2CCN3CCCC3C2)c2ncccc21. The first kappa shape index (κ1) is 18.0. The fourth-order valence-corrected chi connectivity index (χ4v) is 6.26. The molecule has 2 fully saturated rings. The number of hydrogen-bond donors (Lipinski definition) is 0. The summed E-state index contributed by atoms with van der Waals surface area (Å²) in [5.74, 6) is 0. The van der Waals surface area contributed by atoms with Gasteiger partial charge in [-0.25, -0.2) is 12.4 Å². The normalized spacial score (nSPS) is 20.6. The van der Waals surface area contributed by atoms with Crippen LogP contribution in [0.2, 0.25) is 5.02 Å². The number of nitrogens with zero attached hydrogens (tertiary/aromatic N) is 4. The van der Waals surface area contributed by atoms with Crippen molar-refractivity contribution in [2.24, 2.45) is 0 Å². The summed E-state index contributed by atoms with van der Waals surface area (Å²) in [6, 6.07) is 10.6. The van der Waals surface area contributed by atoms with Crippen molar-refractivity contribution in [2.75, 3.05) is 31.1 Å². The van der Waals surface area contributed by atoms with Crippen molar-refractivity contribution in [1.29, 1.82) is 0 Å². The molecule has 0 radical (unpaired) electrons. The molecule has 28 heavy (non-hydrogen) atoms. The van der Waals surface area contributed by atoms with E-state index in [1.165, 1.54) is 29.4 Å². The fourth-order valence-electron chi connectivity index (χ4n) is 4.41. The average molecular weight is 417 g/mol. The first-order valence-corrected chi connectivity index (χ1v) is 11.3. The number of anilines is 1. The van der Waals surface area contributed by atoms with Crippen LogP contribution >= 0.6 is 11.6 Å². The summed E-state index contributed by atoms with van der Waals surface area (Å²) in [7, 11) is -3.82. The van der Waals surface area contributed by atoms with Gasteiger partial charge in [-0.05, 0) is 43.7 Å². The third-order valence-electron chi connectivity index (χ3n) is 5.81. The molecule has 5 rings (SSSR count). The topological polar surface area (TPSA) is 58.4 Å². The maximum atomic E-state index is 13.4. The Bertz CT molecular complexity index is 1140. The van der Waals surface area contributed by atoms with Crippen molar-refractivity contribution in [3.05, 3.63) is 53.8 Å². The molecule has 1 atom stereocenters. The van der Waals surface area contributed by atoms with Crippen molar-refractivity contribution in [3.63, 3.8) is 0 Å². The summed E-state index contributed by atoms with van der Waals surface area (Å²) in [6.07, 6.45) is 5.85. The van der Waals surface area contributed by atoms with Gasteiger partial charge in [-0.15, -0.1) is 0 Å². The lowest BCUT2D eigenvalue weighted by molar-refractivity contribution is 0.231. The number of pyridine rings is 1. The van der Waals surface area contributed by atoms with E-state index in [1.807, 2.05) is 0 Å². The zero-order chi connectivity index (χ0) is 19.3. The number of benzene rings is 1. The summed E-state index contributed by atoms with van der Waals surface area (Å²) in [5, 5.41) is 0.217. The van der Waals surface area contributed by atoms with E-state index in [4.69, 9.17) is 11.6 Å². The Balaban J connectivity index is 1.63. The van der Waals surface area contributed by atoms with E-state index < -0.39 is 10.0 Å². The predicted octanol–water partition coefficient (Wildman–Crippen LogP) is 3.21. The lowest BCUT2D eigenvalue weighted by Gasteiger charge is -2.38. The number of rotatable bonds is 3. The Morgan fingerprint density at radius 1 is 1.07 bits per heavy atom. The Hall–Kier alpha value is -2.09. The van der Waals surface area contributed by atoms with E-state index in [0.717, 1.165) is 25.3 Å².